The number of nitrogens with one attached hydrogen (secondary N) is 1. The quantitative estimate of drug-likeness (QED) is 0.755. The van der Waals surface area contributed by atoms with E-state index in [-0.39, 0.29) is 0 Å². The van der Waals surface area contributed by atoms with Gasteiger partial charge in [-0.15, -0.1) is 0 Å². The van der Waals surface area contributed by atoms with E-state index in [0.29, 0.717) is 22.7 Å². The summed E-state index contributed by atoms with van der Waals surface area (Å²) in [6, 6.07) is 0.378. The molecule has 0 aliphatic rings. The average molecular weight is 215 g/mol. The van der Waals surface area contributed by atoms with Crippen LogP contribution in [0.1, 0.15) is 26.7 Å². The summed E-state index contributed by atoms with van der Waals surface area (Å²) in [6.07, 6.45) is 3.46. The molecule has 0 amide bonds. The third-order valence-electron chi connectivity index (χ3n) is 2.16. The van der Waals surface area contributed by atoms with Crippen molar-refractivity contribution < 1.29 is 0 Å². The van der Waals surface area contributed by atoms with E-state index in [0.717, 1.165) is 12.8 Å². The Morgan fingerprint density at radius 2 is 2.07 bits per heavy atom. The lowest BCUT2D eigenvalue weighted by molar-refractivity contribution is 0.668. The zero-order valence-corrected chi connectivity index (χ0v) is 9.17. The summed E-state index contributed by atoms with van der Waals surface area (Å²) < 4.78 is 0. The zero-order valence-electron chi connectivity index (χ0n) is 8.42. The first-order chi connectivity index (χ1) is 6.69. The zero-order chi connectivity index (χ0) is 10.6. The maximum Gasteiger partial charge on any atom is 0.157 e. The van der Waals surface area contributed by atoms with Crippen LogP contribution in [0, 0.1) is 0 Å². The molecule has 0 saturated carbocycles. The van der Waals surface area contributed by atoms with Crippen LogP contribution in [-0.2, 0) is 0 Å². The molecule has 1 aromatic heterocycles. The number of halogens is 1. The molecular weight excluding hydrogens is 200 g/mol. The number of nitrogen functional groups attached to an aromatic ring is 1. The summed E-state index contributed by atoms with van der Waals surface area (Å²) in [7, 11) is 0. The van der Waals surface area contributed by atoms with Crippen molar-refractivity contribution in [1.29, 1.82) is 0 Å². The van der Waals surface area contributed by atoms with Crippen LogP contribution in [0.2, 0.25) is 5.15 Å². The molecule has 14 heavy (non-hydrogen) atoms. The van der Waals surface area contributed by atoms with Gasteiger partial charge in [0.1, 0.15) is 12.0 Å². The van der Waals surface area contributed by atoms with Gasteiger partial charge < -0.3 is 11.1 Å². The smallest absolute Gasteiger partial charge is 0.157 e. The van der Waals surface area contributed by atoms with E-state index >= 15 is 0 Å². The first kappa shape index (κ1) is 11.0. The molecule has 1 aromatic rings. The van der Waals surface area contributed by atoms with Crippen molar-refractivity contribution >= 4 is 23.1 Å². The van der Waals surface area contributed by atoms with Crippen molar-refractivity contribution in [3.8, 4) is 0 Å². The Kier molecular flexibility index (Phi) is 3.95. The molecule has 0 atom stereocenters. The molecule has 0 bridgehead atoms. The first-order valence-electron chi connectivity index (χ1n) is 4.71. The highest BCUT2D eigenvalue weighted by Gasteiger charge is 2.09. The lowest BCUT2D eigenvalue weighted by Crippen LogP contribution is -2.19. The highest BCUT2D eigenvalue weighted by atomic mass is 35.5. The second-order valence-electron chi connectivity index (χ2n) is 3.08. The standard InChI is InChI=1S/C9H15ClN4/c1-3-6(4-2)14-9-7(11)8(10)12-5-13-9/h5-6H,3-4,11H2,1-2H3,(H,12,13,14). The van der Waals surface area contributed by atoms with Crippen LogP contribution in [0.15, 0.2) is 6.33 Å². The molecule has 4 nitrogen and oxygen atoms in total. The molecule has 1 rings (SSSR count). The summed E-state index contributed by atoms with van der Waals surface area (Å²) in [4.78, 5) is 7.83. The molecule has 3 N–H and O–H groups in total. The number of hydrogen-bond acceptors (Lipinski definition) is 4. The van der Waals surface area contributed by atoms with Gasteiger partial charge in [0, 0.05) is 6.04 Å². The number of hydrogen-bond donors (Lipinski definition) is 2. The summed E-state index contributed by atoms with van der Waals surface area (Å²) in [6.45, 7) is 4.22. The molecule has 78 valence electrons. The lowest BCUT2D eigenvalue weighted by Gasteiger charge is -2.16. The van der Waals surface area contributed by atoms with Gasteiger partial charge in [0.2, 0.25) is 0 Å². The molecule has 5 heteroatoms. The van der Waals surface area contributed by atoms with Crippen molar-refractivity contribution in [2.75, 3.05) is 11.1 Å². The minimum atomic E-state index is 0.299. The molecule has 1 heterocycles. The largest absolute Gasteiger partial charge is 0.393 e. The van der Waals surface area contributed by atoms with Crippen LogP contribution < -0.4 is 11.1 Å². The minimum Gasteiger partial charge on any atom is -0.393 e. The SMILES string of the molecule is CCC(CC)Nc1ncnc(Cl)c1N. The van der Waals surface area contributed by atoms with Crippen molar-refractivity contribution in [1.82, 2.24) is 9.97 Å². The summed E-state index contributed by atoms with van der Waals surface area (Å²) in [5, 5.41) is 3.53. The predicted octanol–water partition coefficient (Wildman–Crippen LogP) is 2.31. The van der Waals surface area contributed by atoms with Gasteiger partial charge >= 0.3 is 0 Å². The van der Waals surface area contributed by atoms with Crippen molar-refractivity contribution in [2.45, 2.75) is 32.7 Å². The second kappa shape index (κ2) is 5.00. The molecule has 0 aliphatic carbocycles. The fourth-order valence-corrected chi connectivity index (χ4v) is 1.31. The van der Waals surface area contributed by atoms with Gasteiger partial charge in [0.05, 0.1) is 0 Å². The number of aromatic nitrogens is 2. The highest BCUT2D eigenvalue weighted by molar-refractivity contribution is 6.32. The van der Waals surface area contributed by atoms with Gasteiger partial charge in [-0.2, -0.15) is 0 Å². The Bertz CT molecular complexity index is 299. The molecule has 0 aliphatic heterocycles. The van der Waals surface area contributed by atoms with E-state index in [9.17, 15) is 0 Å². The minimum absolute atomic E-state index is 0.299. The van der Waals surface area contributed by atoms with E-state index in [2.05, 4.69) is 29.1 Å². The van der Waals surface area contributed by atoms with Crippen LogP contribution in [0.5, 0.6) is 0 Å². The molecule has 0 aromatic carbocycles. The van der Waals surface area contributed by atoms with E-state index in [1.807, 2.05) is 0 Å². The van der Waals surface area contributed by atoms with E-state index in [1.165, 1.54) is 6.33 Å². The number of nitrogens with zero attached hydrogens (tertiary/aromatic N) is 2. The maximum absolute atomic E-state index is 5.77. The number of nitrogens with two attached hydrogens (primary N) is 1. The van der Waals surface area contributed by atoms with Gasteiger partial charge in [-0.05, 0) is 12.8 Å². The summed E-state index contributed by atoms with van der Waals surface area (Å²) in [5.74, 6) is 0.624. The van der Waals surface area contributed by atoms with Crippen LogP contribution >= 0.6 is 11.6 Å². The van der Waals surface area contributed by atoms with Gasteiger partial charge in [-0.25, -0.2) is 9.97 Å². The third kappa shape index (κ3) is 2.48. The van der Waals surface area contributed by atoms with Gasteiger partial charge in [0.15, 0.2) is 11.0 Å². The Morgan fingerprint density at radius 1 is 1.43 bits per heavy atom. The normalized spacial score (nSPS) is 10.6. The Hall–Kier alpha value is -1.03. The Morgan fingerprint density at radius 3 is 2.64 bits per heavy atom. The predicted molar refractivity (Wildman–Crippen MR) is 59.4 cm³/mol. The van der Waals surface area contributed by atoms with Crippen molar-refractivity contribution in [3.63, 3.8) is 0 Å². The highest BCUT2D eigenvalue weighted by Crippen LogP contribution is 2.23. The second-order valence-corrected chi connectivity index (χ2v) is 3.44. The average Bonchev–Trinajstić information content (AvgIpc) is 2.20. The van der Waals surface area contributed by atoms with Crippen LogP contribution in [-0.4, -0.2) is 16.0 Å². The topological polar surface area (TPSA) is 63.8 Å². The van der Waals surface area contributed by atoms with Gasteiger partial charge in [0.25, 0.3) is 0 Å². The molecule has 0 spiro atoms. The molecule has 0 saturated heterocycles. The molecule has 0 unspecified atom stereocenters. The lowest BCUT2D eigenvalue weighted by atomic mass is 10.2. The fraction of sp³-hybridized carbons (Fsp3) is 0.556. The summed E-state index contributed by atoms with van der Waals surface area (Å²) in [5.41, 5.74) is 6.14. The molecule has 0 fully saturated rings. The van der Waals surface area contributed by atoms with E-state index in [4.69, 9.17) is 17.3 Å². The van der Waals surface area contributed by atoms with E-state index < -0.39 is 0 Å². The third-order valence-corrected chi connectivity index (χ3v) is 2.46. The van der Waals surface area contributed by atoms with Crippen LogP contribution in [0.4, 0.5) is 11.5 Å². The molecule has 0 radical (unpaired) electrons. The van der Waals surface area contributed by atoms with Crippen molar-refractivity contribution in [2.24, 2.45) is 0 Å². The van der Waals surface area contributed by atoms with Crippen LogP contribution in [0.3, 0.4) is 0 Å². The number of anilines is 2. The monoisotopic (exact) mass is 214 g/mol. The van der Waals surface area contributed by atoms with Crippen molar-refractivity contribution in [3.05, 3.63) is 11.5 Å². The number of rotatable bonds is 4. The fourth-order valence-electron chi connectivity index (χ4n) is 1.18. The summed E-state index contributed by atoms with van der Waals surface area (Å²) >= 11 is 5.77. The Labute approximate surface area is 88.9 Å². The van der Waals surface area contributed by atoms with Gasteiger partial charge in [-0.1, -0.05) is 25.4 Å². The van der Waals surface area contributed by atoms with Gasteiger partial charge in [-0.3, -0.25) is 0 Å². The molecular formula is C9H15ClN4. The van der Waals surface area contributed by atoms with E-state index in [1.54, 1.807) is 0 Å². The first-order valence-corrected chi connectivity index (χ1v) is 5.09. The Balaban J connectivity index is 2.80. The maximum atomic E-state index is 5.77. The van der Waals surface area contributed by atoms with Crippen LogP contribution in [0.25, 0.3) is 0 Å².